The van der Waals surface area contributed by atoms with Crippen molar-refractivity contribution in [3.63, 3.8) is 0 Å². The van der Waals surface area contributed by atoms with Crippen molar-refractivity contribution in [3.05, 3.63) is 200 Å². The zero-order chi connectivity index (χ0) is 46.9. The Morgan fingerprint density at radius 2 is 1.16 bits per heavy atom. The minimum absolute atomic E-state index is 0.0977. The van der Waals surface area contributed by atoms with E-state index in [1.165, 1.54) is 0 Å². The fourth-order valence-corrected chi connectivity index (χ4v) is 7.11. The molecule has 9 rings (SSSR count). The van der Waals surface area contributed by atoms with E-state index in [-0.39, 0.29) is 39.1 Å². The summed E-state index contributed by atoms with van der Waals surface area (Å²) in [6.07, 6.45) is 1.81. The molecule has 1 N–H and O–H groups in total. The van der Waals surface area contributed by atoms with Crippen LogP contribution in [-0.2, 0) is 5.41 Å². The Labute approximate surface area is 342 Å². The number of aromatic nitrogens is 3. The molecular formula is C52H42N3O+. The topological polar surface area (TPSA) is 41.9 Å². The van der Waals surface area contributed by atoms with Gasteiger partial charge in [-0.3, -0.25) is 0 Å². The predicted octanol–water partition coefficient (Wildman–Crippen LogP) is 12.6. The Balaban J connectivity index is 1.36. The Hall–Kier alpha value is -7.04. The van der Waals surface area contributed by atoms with E-state index in [0.29, 0.717) is 28.0 Å². The maximum absolute atomic E-state index is 11.0. The highest BCUT2D eigenvalue weighted by atomic mass is 16.3. The first-order valence-corrected chi connectivity index (χ1v) is 18.3. The number of pyridine rings is 1. The summed E-state index contributed by atoms with van der Waals surface area (Å²) in [7, 11) is 0. The molecule has 0 unspecified atom stereocenters. The molecule has 7 aromatic carbocycles. The van der Waals surface area contributed by atoms with Crippen molar-refractivity contribution in [3.8, 4) is 73.0 Å². The number of hydrogen-bond donors (Lipinski definition) is 1. The smallest absolute Gasteiger partial charge is 0.255 e. The molecule has 0 saturated heterocycles. The van der Waals surface area contributed by atoms with Crippen molar-refractivity contribution in [2.24, 2.45) is 0 Å². The molecule has 270 valence electrons. The SMILES string of the molecule is [2H]c1c([2H])c([2H])c(-c2cccc(-c3c([2H])c([2H])c([2H])c([2H])c3[2H])c2-[n+]2cn(-c3cc(-c4cc(-c5ccccc5)cc(-c5ccccc5O)n4)cc(C(C)(C)C)c3)c3ccccc32)c([2H])c1[2H]. The lowest BCUT2D eigenvalue weighted by Crippen LogP contribution is -2.30. The second-order valence-corrected chi connectivity index (χ2v) is 14.6. The van der Waals surface area contributed by atoms with Gasteiger partial charge in [0.25, 0.3) is 6.33 Å². The van der Waals surface area contributed by atoms with Crippen LogP contribution >= 0.6 is 0 Å². The molecule has 56 heavy (non-hydrogen) atoms. The van der Waals surface area contributed by atoms with Gasteiger partial charge < -0.3 is 5.11 Å². The average Bonchev–Trinajstić information content (AvgIpc) is 3.71. The molecule has 4 heteroatoms. The van der Waals surface area contributed by atoms with Gasteiger partial charge in [-0.25, -0.2) is 4.98 Å². The monoisotopic (exact) mass is 734 g/mol. The summed E-state index contributed by atoms with van der Waals surface area (Å²) in [6.45, 7) is 6.36. The Morgan fingerprint density at radius 3 is 1.84 bits per heavy atom. The van der Waals surface area contributed by atoms with Crippen LogP contribution in [0.3, 0.4) is 0 Å². The second-order valence-electron chi connectivity index (χ2n) is 14.6. The second kappa shape index (κ2) is 14.3. The minimum atomic E-state index is -0.563. The number of imidazole rings is 1. The number of fused-ring (bicyclic) bond motifs is 1. The molecule has 2 aromatic heterocycles. The van der Waals surface area contributed by atoms with Crippen molar-refractivity contribution in [1.29, 1.82) is 0 Å². The fourth-order valence-electron chi connectivity index (χ4n) is 7.11. The van der Waals surface area contributed by atoms with Gasteiger partial charge >= 0.3 is 0 Å². The zero-order valence-electron chi connectivity index (χ0n) is 41.0. The van der Waals surface area contributed by atoms with E-state index in [2.05, 4.69) is 32.9 Å². The summed E-state index contributed by atoms with van der Waals surface area (Å²) in [5, 5.41) is 11.0. The van der Waals surface area contributed by atoms with E-state index < -0.39 is 60.4 Å². The van der Waals surface area contributed by atoms with Crippen LogP contribution in [0.25, 0.3) is 78.3 Å². The van der Waals surface area contributed by atoms with E-state index in [1.54, 1.807) is 34.9 Å². The number of benzene rings is 7. The first-order valence-electron chi connectivity index (χ1n) is 23.3. The lowest BCUT2D eigenvalue weighted by atomic mass is 9.85. The molecule has 0 atom stereocenters. The highest BCUT2D eigenvalue weighted by Crippen LogP contribution is 2.38. The molecule has 9 aromatic rings. The van der Waals surface area contributed by atoms with Crippen molar-refractivity contribution >= 4 is 11.0 Å². The van der Waals surface area contributed by atoms with Gasteiger partial charge in [0.2, 0.25) is 0 Å². The van der Waals surface area contributed by atoms with Crippen LogP contribution in [-0.4, -0.2) is 14.7 Å². The summed E-state index contributed by atoms with van der Waals surface area (Å²) in [4.78, 5) is 5.16. The molecule has 0 amide bonds. The maximum atomic E-state index is 11.0. The van der Waals surface area contributed by atoms with Gasteiger partial charge in [0.05, 0.1) is 25.1 Å². The third-order valence-electron chi connectivity index (χ3n) is 9.92. The van der Waals surface area contributed by atoms with Crippen LogP contribution in [0.4, 0.5) is 0 Å². The Kier molecular flexibility index (Phi) is 6.42. The number of phenols is 1. The van der Waals surface area contributed by atoms with Crippen LogP contribution in [0, 0.1) is 0 Å². The number of para-hydroxylation sites is 4. The van der Waals surface area contributed by atoms with Gasteiger partial charge in [0.1, 0.15) is 17.1 Å². The highest BCUT2D eigenvalue weighted by molar-refractivity contribution is 5.85. The number of hydrogen-bond acceptors (Lipinski definition) is 2. The summed E-state index contributed by atoms with van der Waals surface area (Å²) >= 11 is 0. The summed E-state index contributed by atoms with van der Waals surface area (Å²) < 4.78 is 91.1. The summed E-state index contributed by atoms with van der Waals surface area (Å²) in [6, 6.07) is 34.5. The number of nitrogens with zero attached hydrogens (tertiary/aromatic N) is 3. The van der Waals surface area contributed by atoms with Crippen molar-refractivity contribution in [2.75, 3.05) is 0 Å². The lowest BCUT2D eigenvalue weighted by Gasteiger charge is -2.21. The quantitative estimate of drug-likeness (QED) is 0.166. The molecule has 0 radical (unpaired) electrons. The fraction of sp³-hybridized carbons (Fsp3) is 0.0769. The number of phenolic OH excluding ortho intramolecular Hbond substituents is 1. The first-order chi connectivity index (χ1) is 31.5. The Morgan fingerprint density at radius 1 is 0.554 bits per heavy atom. The largest absolute Gasteiger partial charge is 0.507 e. The van der Waals surface area contributed by atoms with Crippen molar-refractivity contribution < 1.29 is 23.4 Å². The molecular weight excluding hydrogens is 683 g/mol. The van der Waals surface area contributed by atoms with E-state index in [4.69, 9.17) is 18.7 Å². The Bertz CT molecular complexity index is 3290. The summed E-state index contributed by atoms with van der Waals surface area (Å²) in [5.41, 5.74) is 7.52. The molecule has 4 nitrogen and oxygen atoms in total. The predicted molar refractivity (Wildman–Crippen MR) is 230 cm³/mol. The molecule has 0 aliphatic rings. The molecule has 0 bridgehead atoms. The van der Waals surface area contributed by atoms with Crippen LogP contribution in [0.1, 0.15) is 40.0 Å². The molecule has 0 fully saturated rings. The standard InChI is InChI=1S/C52H41N3O/c1-52(2,3)41-30-40(46-32-39(36-18-7-4-8-19-36)33-47(53-46)45-24-13-16-29-50(45)56)31-42(34-41)54-35-55(49-28-15-14-27-48(49)54)51-43(37-20-9-5-10-21-37)25-17-26-44(51)38-22-11-6-12-23-38/h4-35H,1-3H3/p+1/i5D,6D,9D,10D,11D,12D,20D,21D,22D,23D. The van der Waals surface area contributed by atoms with Crippen molar-refractivity contribution in [1.82, 2.24) is 9.55 Å². The maximum Gasteiger partial charge on any atom is 0.255 e. The van der Waals surface area contributed by atoms with E-state index in [9.17, 15) is 5.11 Å². The molecule has 0 spiro atoms. The third kappa shape index (κ3) is 6.56. The van der Waals surface area contributed by atoms with Gasteiger partial charge in [0, 0.05) is 22.3 Å². The van der Waals surface area contributed by atoms with Gasteiger partial charge in [-0.1, -0.05) is 154 Å². The number of rotatable bonds is 7. The van der Waals surface area contributed by atoms with Crippen LogP contribution in [0.5, 0.6) is 5.75 Å². The van der Waals surface area contributed by atoms with E-state index in [0.717, 1.165) is 27.9 Å². The zero-order valence-corrected chi connectivity index (χ0v) is 31.0. The lowest BCUT2D eigenvalue weighted by molar-refractivity contribution is -0.566. The van der Waals surface area contributed by atoms with Crippen LogP contribution in [0.2, 0.25) is 0 Å². The van der Waals surface area contributed by atoms with Gasteiger partial charge in [-0.15, -0.1) is 0 Å². The van der Waals surface area contributed by atoms with Crippen molar-refractivity contribution in [2.45, 2.75) is 26.2 Å². The molecule has 0 saturated carbocycles. The molecule has 0 aliphatic carbocycles. The number of aromatic hydroxyl groups is 1. The normalized spacial score (nSPS) is 14.1. The minimum Gasteiger partial charge on any atom is -0.507 e. The van der Waals surface area contributed by atoms with E-state index >= 15 is 0 Å². The molecule has 2 heterocycles. The van der Waals surface area contributed by atoms with Crippen LogP contribution in [0.15, 0.2) is 194 Å². The first kappa shape index (κ1) is 25.1. The molecule has 0 aliphatic heterocycles. The average molecular weight is 735 g/mol. The van der Waals surface area contributed by atoms with Gasteiger partial charge in [-0.2, -0.15) is 9.13 Å². The van der Waals surface area contributed by atoms with E-state index in [1.807, 2.05) is 95.8 Å². The van der Waals surface area contributed by atoms with Crippen LogP contribution < -0.4 is 4.57 Å². The highest BCUT2D eigenvalue weighted by Gasteiger charge is 2.26. The van der Waals surface area contributed by atoms with Gasteiger partial charge in [-0.05, 0) is 87.8 Å². The summed E-state index contributed by atoms with van der Waals surface area (Å²) in [5.74, 6) is 0.0977. The third-order valence-corrected chi connectivity index (χ3v) is 9.92. The van der Waals surface area contributed by atoms with Gasteiger partial charge in [0.15, 0.2) is 11.0 Å².